The lowest BCUT2D eigenvalue weighted by atomic mass is 10.1. The number of benzene rings is 2. The van der Waals surface area contributed by atoms with Crippen LogP contribution in [-0.4, -0.2) is 5.97 Å². The molecule has 0 spiro atoms. The second-order valence-electron chi connectivity index (χ2n) is 5.20. The minimum absolute atomic E-state index is 0.266. The SMILES string of the molecule is CCC(=O)Oc1cccc(I)c1COc1cc(C)c(C)cc1Cl. The van der Waals surface area contributed by atoms with E-state index in [1.165, 1.54) is 0 Å². The van der Waals surface area contributed by atoms with Crippen LogP contribution in [0.3, 0.4) is 0 Å². The number of rotatable bonds is 5. The average Bonchev–Trinajstić information content (AvgIpc) is 2.51. The van der Waals surface area contributed by atoms with Gasteiger partial charge in [-0.2, -0.15) is 0 Å². The number of halogens is 2. The highest BCUT2D eigenvalue weighted by atomic mass is 127. The fourth-order valence-corrected chi connectivity index (χ4v) is 2.89. The number of carbonyl (C=O) groups excluding carboxylic acids is 1. The predicted octanol–water partition coefficient (Wildman–Crippen LogP) is 5.46. The van der Waals surface area contributed by atoms with Gasteiger partial charge in [0, 0.05) is 15.6 Å². The highest BCUT2D eigenvalue weighted by Crippen LogP contribution is 2.31. The summed E-state index contributed by atoms with van der Waals surface area (Å²) >= 11 is 8.45. The molecule has 0 amide bonds. The predicted molar refractivity (Wildman–Crippen MR) is 100 cm³/mol. The normalized spacial score (nSPS) is 10.5. The Hall–Kier alpha value is -1.27. The zero-order valence-corrected chi connectivity index (χ0v) is 16.2. The smallest absolute Gasteiger partial charge is 0.310 e. The summed E-state index contributed by atoms with van der Waals surface area (Å²) in [6.07, 6.45) is 0.328. The number of esters is 1. The lowest BCUT2D eigenvalue weighted by Crippen LogP contribution is -2.09. The molecule has 0 N–H and O–H groups in total. The van der Waals surface area contributed by atoms with Crippen molar-refractivity contribution in [3.8, 4) is 11.5 Å². The van der Waals surface area contributed by atoms with Crippen molar-refractivity contribution in [2.24, 2.45) is 0 Å². The number of hydrogen-bond acceptors (Lipinski definition) is 3. The van der Waals surface area contributed by atoms with Crippen LogP contribution in [0.25, 0.3) is 0 Å². The van der Waals surface area contributed by atoms with Crippen LogP contribution in [0.1, 0.15) is 30.0 Å². The molecule has 0 atom stereocenters. The molecule has 0 unspecified atom stereocenters. The van der Waals surface area contributed by atoms with Crippen molar-refractivity contribution < 1.29 is 14.3 Å². The van der Waals surface area contributed by atoms with Gasteiger partial charge >= 0.3 is 5.97 Å². The van der Waals surface area contributed by atoms with Crippen molar-refractivity contribution in [2.75, 3.05) is 0 Å². The first-order chi connectivity index (χ1) is 10.9. The van der Waals surface area contributed by atoms with Gasteiger partial charge in [0.05, 0.1) is 5.02 Å². The molecule has 0 heterocycles. The number of aryl methyl sites for hydroxylation is 2. The van der Waals surface area contributed by atoms with E-state index in [9.17, 15) is 4.79 Å². The van der Waals surface area contributed by atoms with E-state index in [-0.39, 0.29) is 12.6 Å². The van der Waals surface area contributed by atoms with Crippen LogP contribution in [0.5, 0.6) is 11.5 Å². The zero-order valence-electron chi connectivity index (χ0n) is 13.3. The summed E-state index contributed by atoms with van der Waals surface area (Å²) in [7, 11) is 0. The second-order valence-corrected chi connectivity index (χ2v) is 6.77. The minimum atomic E-state index is -0.266. The molecule has 3 nitrogen and oxygen atoms in total. The van der Waals surface area contributed by atoms with E-state index in [0.717, 1.165) is 20.3 Å². The summed E-state index contributed by atoms with van der Waals surface area (Å²) in [4.78, 5) is 11.6. The summed E-state index contributed by atoms with van der Waals surface area (Å²) in [5.74, 6) is 0.892. The van der Waals surface area contributed by atoms with Gasteiger partial charge in [-0.1, -0.05) is 24.6 Å². The molecule has 2 aromatic carbocycles. The molecule has 0 aromatic heterocycles. The lowest BCUT2D eigenvalue weighted by molar-refractivity contribution is -0.134. The number of ether oxygens (including phenoxy) is 2. The van der Waals surface area contributed by atoms with E-state index in [2.05, 4.69) is 22.6 Å². The molecular formula is C18H18ClIO3. The average molecular weight is 445 g/mol. The second kappa shape index (κ2) is 8.02. The molecule has 23 heavy (non-hydrogen) atoms. The summed E-state index contributed by atoms with van der Waals surface area (Å²) in [6, 6.07) is 9.39. The maximum Gasteiger partial charge on any atom is 0.310 e. The monoisotopic (exact) mass is 444 g/mol. The first-order valence-electron chi connectivity index (χ1n) is 7.30. The van der Waals surface area contributed by atoms with Crippen molar-refractivity contribution in [1.29, 1.82) is 0 Å². The van der Waals surface area contributed by atoms with Crippen molar-refractivity contribution in [2.45, 2.75) is 33.8 Å². The van der Waals surface area contributed by atoms with E-state index in [0.29, 0.717) is 22.9 Å². The Kier molecular flexibility index (Phi) is 6.30. The van der Waals surface area contributed by atoms with Crippen molar-refractivity contribution in [3.05, 3.63) is 55.6 Å². The largest absolute Gasteiger partial charge is 0.487 e. The fraction of sp³-hybridized carbons (Fsp3) is 0.278. The summed E-state index contributed by atoms with van der Waals surface area (Å²) < 4.78 is 12.2. The molecule has 122 valence electrons. The molecule has 0 aliphatic rings. The maximum atomic E-state index is 11.6. The first kappa shape index (κ1) is 18.1. The molecule has 0 aliphatic carbocycles. The van der Waals surface area contributed by atoms with Gasteiger partial charge in [-0.05, 0) is 71.8 Å². The Labute approximate surface area is 155 Å². The first-order valence-corrected chi connectivity index (χ1v) is 8.75. The molecular weight excluding hydrogens is 427 g/mol. The standard InChI is InChI=1S/C18H18ClIO3/c1-4-18(21)23-16-7-5-6-15(20)13(16)10-22-17-9-12(3)11(2)8-14(17)19/h5-9H,4,10H2,1-3H3. The van der Waals surface area contributed by atoms with Gasteiger partial charge in [-0.15, -0.1) is 0 Å². The summed E-state index contributed by atoms with van der Waals surface area (Å²) in [5, 5.41) is 0.575. The van der Waals surface area contributed by atoms with Crippen LogP contribution in [-0.2, 0) is 11.4 Å². The molecule has 5 heteroatoms. The molecule has 0 fully saturated rings. The molecule has 2 rings (SSSR count). The van der Waals surface area contributed by atoms with Crippen molar-refractivity contribution in [3.63, 3.8) is 0 Å². The van der Waals surface area contributed by atoms with Gasteiger partial charge in [-0.25, -0.2) is 0 Å². The number of hydrogen-bond donors (Lipinski definition) is 0. The van der Waals surface area contributed by atoms with Crippen LogP contribution in [0.4, 0.5) is 0 Å². The van der Waals surface area contributed by atoms with E-state index >= 15 is 0 Å². The van der Waals surface area contributed by atoms with Gasteiger partial charge in [0.1, 0.15) is 18.1 Å². The van der Waals surface area contributed by atoms with E-state index in [4.69, 9.17) is 21.1 Å². The van der Waals surface area contributed by atoms with Crippen molar-refractivity contribution in [1.82, 2.24) is 0 Å². The summed E-state index contributed by atoms with van der Waals surface area (Å²) in [6.45, 7) is 6.07. The Balaban J connectivity index is 2.23. The van der Waals surface area contributed by atoms with Crippen LogP contribution < -0.4 is 9.47 Å². The highest BCUT2D eigenvalue weighted by molar-refractivity contribution is 14.1. The van der Waals surface area contributed by atoms with Gasteiger partial charge in [0.15, 0.2) is 0 Å². The van der Waals surface area contributed by atoms with Gasteiger partial charge in [0.2, 0.25) is 0 Å². The molecule has 0 saturated heterocycles. The third kappa shape index (κ3) is 4.61. The van der Waals surface area contributed by atoms with Gasteiger partial charge < -0.3 is 9.47 Å². The lowest BCUT2D eigenvalue weighted by Gasteiger charge is -2.14. The van der Waals surface area contributed by atoms with Crippen molar-refractivity contribution >= 4 is 40.2 Å². The van der Waals surface area contributed by atoms with E-state index < -0.39 is 0 Å². The van der Waals surface area contributed by atoms with E-state index in [1.807, 2.05) is 38.1 Å². The topological polar surface area (TPSA) is 35.5 Å². The zero-order chi connectivity index (χ0) is 17.0. The Morgan fingerprint density at radius 3 is 2.57 bits per heavy atom. The van der Waals surface area contributed by atoms with Crippen LogP contribution in [0.2, 0.25) is 5.02 Å². The molecule has 2 aromatic rings. The van der Waals surface area contributed by atoms with E-state index in [1.54, 1.807) is 13.0 Å². The Morgan fingerprint density at radius 1 is 1.17 bits per heavy atom. The van der Waals surface area contributed by atoms with Gasteiger partial charge in [-0.3, -0.25) is 4.79 Å². The third-order valence-electron chi connectivity index (χ3n) is 3.51. The Morgan fingerprint density at radius 2 is 1.87 bits per heavy atom. The highest BCUT2D eigenvalue weighted by Gasteiger charge is 2.13. The quantitative estimate of drug-likeness (QED) is 0.349. The molecule has 0 aliphatic heterocycles. The van der Waals surface area contributed by atoms with Crippen LogP contribution >= 0.6 is 34.2 Å². The maximum absolute atomic E-state index is 11.6. The van der Waals surface area contributed by atoms with Crippen LogP contribution in [0, 0.1) is 17.4 Å². The third-order valence-corrected chi connectivity index (χ3v) is 4.81. The molecule has 0 radical (unpaired) electrons. The summed E-state index contributed by atoms with van der Waals surface area (Å²) in [5.41, 5.74) is 3.07. The molecule has 0 bridgehead atoms. The van der Waals surface area contributed by atoms with Gasteiger partial charge in [0.25, 0.3) is 0 Å². The minimum Gasteiger partial charge on any atom is -0.487 e. The molecule has 0 saturated carbocycles. The Bertz CT molecular complexity index is 728. The fourth-order valence-electron chi connectivity index (χ4n) is 1.98. The van der Waals surface area contributed by atoms with Crippen LogP contribution in [0.15, 0.2) is 30.3 Å². The number of carbonyl (C=O) groups is 1.